The molecule has 0 spiro atoms. The van der Waals surface area contributed by atoms with Crippen molar-refractivity contribution in [3.63, 3.8) is 0 Å². The van der Waals surface area contributed by atoms with Gasteiger partial charge in [0.1, 0.15) is 0 Å². The summed E-state index contributed by atoms with van der Waals surface area (Å²) < 4.78 is 62.1. The molecule has 0 radical (unpaired) electrons. The normalized spacial score (nSPS) is 15.1. The summed E-state index contributed by atoms with van der Waals surface area (Å²) in [6.45, 7) is 7.48. The van der Waals surface area contributed by atoms with E-state index in [-0.39, 0.29) is 0 Å². The van der Waals surface area contributed by atoms with Gasteiger partial charge in [-0.25, -0.2) is 8.42 Å². The Hall–Kier alpha value is -1.07. The van der Waals surface area contributed by atoms with Crippen LogP contribution in [0.4, 0.5) is 18.9 Å². The third kappa shape index (κ3) is 4.80. The van der Waals surface area contributed by atoms with Gasteiger partial charge in [0.2, 0.25) is 0 Å². The van der Waals surface area contributed by atoms with Crippen LogP contribution in [-0.4, -0.2) is 51.7 Å². The summed E-state index contributed by atoms with van der Waals surface area (Å²) in [4.78, 5) is 3.60. The molecule has 1 N–H and O–H groups in total. The van der Waals surface area contributed by atoms with Crippen molar-refractivity contribution >= 4 is 38.8 Å². The predicted molar refractivity (Wildman–Crippen MR) is 96.9 cm³/mol. The van der Waals surface area contributed by atoms with Crippen LogP contribution in [0.2, 0.25) is 0 Å². The maximum absolute atomic E-state index is 10.7. The minimum absolute atomic E-state index is 0.850. The summed E-state index contributed by atoms with van der Waals surface area (Å²) in [5.74, 6) is 0. The number of nitrogens with one attached hydrogen (secondary N) is 1. The summed E-state index contributed by atoms with van der Waals surface area (Å²) in [6.07, 6.45) is 0. The third-order valence-corrected chi connectivity index (χ3v) is 18.5. The molecule has 2 aromatic carbocycles. The molecule has 4 nitrogen and oxygen atoms in total. The van der Waals surface area contributed by atoms with Crippen molar-refractivity contribution in [1.29, 1.82) is 0 Å². The maximum atomic E-state index is 10.7. The number of hydrogen-bond acceptors (Lipinski definition) is 3. The second-order valence-electron chi connectivity index (χ2n) is 6.31. The number of para-hydroxylation sites is 2. The zero-order valence-electron chi connectivity index (χ0n) is 14.3. The van der Waals surface area contributed by atoms with Crippen LogP contribution >= 0.6 is 5.37 Å². The Morgan fingerprint density at radius 2 is 1.50 bits per heavy atom. The first kappa shape index (κ1) is 21.2. The summed E-state index contributed by atoms with van der Waals surface area (Å²) in [5, 5.41) is 0.489. The van der Waals surface area contributed by atoms with Gasteiger partial charge in [0, 0.05) is 0 Å². The van der Waals surface area contributed by atoms with Crippen molar-refractivity contribution in [3.8, 4) is 0 Å². The van der Waals surface area contributed by atoms with E-state index in [4.69, 9.17) is 13.0 Å². The van der Waals surface area contributed by atoms with E-state index in [2.05, 4.69) is 73.5 Å². The fraction of sp³-hybridized carbons (Fsp3) is 0.250. The molecule has 0 amide bonds. The number of halogens is 3. The van der Waals surface area contributed by atoms with Crippen molar-refractivity contribution in [2.75, 3.05) is 20.0 Å². The van der Waals surface area contributed by atoms with Crippen LogP contribution in [0.1, 0.15) is 0 Å². The van der Waals surface area contributed by atoms with Crippen LogP contribution in [0.3, 0.4) is 0 Å². The fourth-order valence-electron chi connectivity index (χ4n) is 2.45. The Morgan fingerprint density at radius 1 is 1.00 bits per heavy atom. The van der Waals surface area contributed by atoms with Crippen LogP contribution in [-0.2, 0) is 10.1 Å². The van der Waals surface area contributed by atoms with Crippen LogP contribution in [0.5, 0.6) is 0 Å². The molecule has 142 valence electrons. The third-order valence-electron chi connectivity index (χ3n) is 3.42. The molecule has 0 bridgehead atoms. The maximum Gasteiger partial charge on any atom is 0.485 e. The Kier molecular flexibility index (Phi) is 6.13. The molecule has 0 saturated carbocycles. The van der Waals surface area contributed by atoms with Crippen LogP contribution < -0.4 is 14.7 Å². The Morgan fingerprint density at radius 3 is 2.04 bits per heavy atom. The van der Waals surface area contributed by atoms with Gasteiger partial charge in [-0.1, -0.05) is 0 Å². The van der Waals surface area contributed by atoms with E-state index in [1.54, 1.807) is 8.30 Å². The van der Waals surface area contributed by atoms with Crippen molar-refractivity contribution in [1.82, 2.24) is 0 Å². The molecule has 0 fully saturated rings. The molecule has 2 aromatic rings. The van der Waals surface area contributed by atoms with Crippen LogP contribution in [0.25, 0.3) is 0 Å². The first-order valence-corrected chi connectivity index (χ1v) is 16.3. The summed E-state index contributed by atoms with van der Waals surface area (Å²) >= 11 is -1.14. The van der Waals surface area contributed by atoms with Gasteiger partial charge in [-0.05, 0) is 0 Å². The fourth-order valence-corrected chi connectivity index (χ4v) is 16.7. The molecule has 1 aliphatic rings. The van der Waals surface area contributed by atoms with Crippen LogP contribution in [0, 0.1) is 3.95 Å². The van der Waals surface area contributed by atoms with E-state index in [0.29, 0.717) is 0 Å². The topological polar surface area (TPSA) is 71.2 Å². The van der Waals surface area contributed by atoms with E-state index in [0.717, 1.165) is 0 Å². The zero-order chi connectivity index (χ0) is 19.8. The van der Waals surface area contributed by atoms with Gasteiger partial charge < -0.3 is 4.55 Å². The Balaban J connectivity index is 0.000000260. The van der Waals surface area contributed by atoms with Crippen LogP contribution in [0.15, 0.2) is 48.5 Å². The van der Waals surface area contributed by atoms with Gasteiger partial charge in [-0.3, -0.25) is 0 Å². The SMILES string of the molecule is CP(C)(C)=[As]1=c2ccccc2=[NH+]c2ccccc21.O=S(=O)([O-])C(F)(F)F. The predicted octanol–water partition coefficient (Wildman–Crippen LogP) is 0.722. The molecule has 0 saturated heterocycles. The molecule has 0 aromatic heterocycles. The van der Waals surface area contributed by atoms with Gasteiger partial charge >= 0.3 is 117 Å². The average Bonchev–Trinajstić information content (AvgIpc) is 2.50. The summed E-state index contributed by atoms with van der Waals surface area (Å²) in [5.41, 5.74) is -4.31. The molecule has 10 heteroatoms. The molecule has 1 heterocycles. The molecule has 1 aliphatic heterocycles. The van der Waals surface area contributed by atoms with Gasteiger partial charge in [0.25, 0.3) is 0 Å². The number of rotatable bonds is 0. The van der Waals surface area contributed by atoms with Gasteiger partial charge in [0.15, 0.2) is 10.1 Å². The van der Waals surface area contributed by atoms with E-state index in [9.17, 15) is 13.2 Å². The largest absolute Gasteiger partial charge is 0.741 e. The quantitative estimate of drug-likeness (QED) is 0.229. The molecule has 1 unspecified atom stereocenters. The van der Waals surface area contributed by atoms with Gasteiger partial charge in [-0.15, -0.1) is 0 Å². The van der Waals surface area contributed by atoms with E-state index in [1.807, 2.05) is 0 Å². The van der Waals surface area contributed by atoms with Gasteiger partial charge in [-0.2, -0.15) is 13.2 Å². The van der Waals surface area contributed by atoms with Crippen molar-refractivity contribution in [2.24, 2.45) is 0 Å². The second kappa shape index (κ2) is 7.51. The molecule has 3 rings (SSSR count). The standard InChI is InChI=1S/C15H17AsNP.CHF3O3S/c1-18(2,3)16-12-8-4-6-10-14(12)17-15-11-7-5-9-13(15)16;2-1(3,4)8(5,6)7/h4-11H,1-3H3;(H,5,6,7). The zero-order valence-corrected chi connectivity index (χ0v) is 17.9. The smallest absolute Gasteiger partial charge is 0.485 e. The summed E-state index contributed by atoms with van der Waals surface area (Å²) in [6, 6.07) is 17.8. The van der Waals surface area contributed by atoms with Crippen molar-refractivity contribution in [3.05, 3.63) is 57.8 Å². The molecule has 0 aliphatic carbocycles. The van der Waals surface area contributed by atoms with Gasteiger partial charge in [0.05, 0.1) is 0 Å². The number of hydrogen-bond donors (Lipinski definition) is 1. The minimum atomic E-state index is -6.09. The van der Waals surface area contributed by atoms with E-state index >= 15 is 0 Å². The average molecular weight is 467 g/mol. The minimum Gasteiger partial charge on any atom is -0.741 e. The first-order valence-electron chi connectivity index (χ1n) is 7.41. The Labute approximate surface area is 153 Å². The number of benzene rings is 2. The summed E-state index contributed by atoms with van der Waals surface area (Å²) in [7, 11) is -6.09. The number of fused-ring (bicyclic) bond motifs is 2. The second-order valence-corrected chi connectivity index (χ2v) is 24.5. The first-order chi connectivity index (χ1) is 11.8. The molecule has 26 heavy (non-hydrogen) atoms. The van der Waals surface area contributed by atoms with E-state index in [1.165, 1.54) is 11.0 Å². The monoisotopic (exact) mass is 467 g/mol. The molecular weight excluding hydrogens is 449 g/mol. The number of alkyl halides is 3. The van der Waals surface area contributed by atoms with Crippen molar-refractivity contribution < 1.29 is 31.1 Å². The molecule has 1 atom stereocenters. The molecular formula is C16H18AsF3NO3PS. The van der Waals surface area contributed by atoms with Crippen molar-refractivity contribution in [2.45, 2.75) is 5.51 Å². The Bertz CT molecular complexity index is 1140. The van der Waals surface area contributed by atoms with E-state index < -0.39 is 34.3 Å².